The van der Waals surface area contributed by atoms with E-state index >= 15 is 0 Å². The van der Waals surface area contributed by atoms with Gasteiger partial charge in [0.15, 0.2) is 0 Å². The first-order valence-corrected chi connectivity index (χ1v) is 9.31. The van der Waals surface area contributed by atoms with Crippen LogP contribution in [-0.4, -0.2) is 18.4 Å². The maximum absolute atomic E-state index is 12.2. The molecule has 0 aliphatic carbocycles. The summed E-state index contributed by atoms with van der Waals surface area (Å²) in [6.45, 7) is 13.4. The average molecular weight is 347 g/mol. The zero-order valence-electron chi connectivity index (χ0n) is 16.6. The number of rotatable bonds is 8. The SMILES string of the molecule is CCCNC(=O)CCC(=O)NC(c1ccc(C(C)(C)C)cc1)C(C)C. The lowest BCUT2D eigenvalue weighted by Crippen LogP contribution is -2.33. The third-order valence-corrected chi connectivity index (χ3v) is 4.27. The van der Waals surface area contributed by atoms with Gasteiger partial charge in [0.2, 0.25) is 11.8 Å². The normalized spacial score (nSPS) is 12.8. The number of carbonyl (C=O) groups excluding carboxylic acids is 2. The predicted molar refractivity (Wildman–Crippen MR) is 103 cm³/mol. The van der Waals surface area contributed by atoms with Crippen LogP contribution in [0.1, 0.15) is 78.0 Å². The van der Waals surface area contributed by atoms with Gasteiger partial charge in [0.1, 0.15) is 0 Å². The lowest BCUT2D eigenvalue weighted by Gasteiger charge is -2.25. The van der Waals surface area contributed by atoms with Crippen molar-refractivity contribution in [1.29, 1.82) is 0 Å². The molecule has 0 radical (unpaired) electrons. The van der Waals surface area contributed by atoms with Gasteiger partial charge in [-0.05, 0) is 28.9 Å². The van der Waals surface area contributed by atoms with Crippen molar-refractivity contribution in [1.82, 2.24) is 10.6 Å². The standard InChI is InChI=1S/C21H34N2O2/c1-7-14-22-18(24)12-13-19(25)23-20(15(2)3)16-8-10-17(11-9-16)21(4,5)6/h8-11,15,20H,7,12-14H2,1-6H3,(H,22,24)(H,23,25). The second kappa shape index (κ2) is 9.59. The molecule has 1 aromatic carbocycles. The van der Waals surface area contributed by atoms with Gasteiger partial charge in [0.05, 0.1) is 6.04 Å². The van der Waals surface area contributed by atoms with Crippen LogP contribution in [-0.2, 0) is 15.0 Å². The molecule has 0 saturated heterocycles. The minimum atomic E-state index is -0.0785. The summed E-state index contributed by atoms with van der Waals surface area (Å²) < 4.78 is 0. The van der Waals surface area contributed by atoms with E-state index in [1.165, 1.54) is 5.56 Å². The van der Waals surface area contributed by atoms with E-state index in [1.807, 2.05) is 6.92 Å². The molecule has 1 atom stereocenters. The van der Waals surface area contributed by atoms with Gasteiger partial charge in [-0.15, -0.1) is 0 Å². The number of benzene rings is 1. The Bertz CT molecular complexity index is 556. The Morgan fingerprint density at radius 2 is 1.56 bits per heavy atom. The molecule has 1 aromatic rings. The molecule has 0 aromatic heterocycles. The Balaban J connectivity index is 2.68. The number of carbonyl (C=O) groups is 2. The maximum atomic E-state index is 12.2. The molecule has 1 unspecified atom stereocenters. The van der Waals surface area contributed by atoms with Crippen molar-refractivity contribution in [2.75, 3.05) is 6.54 Å². The molecule has 2 N–H and O–H groups in total. The predicted octanol–water partition coefficient (Wildman–Crippen LogP) is 4.10. The number of nitrogens with one attached hydrogen (secondary N) is 2. The number of amides is 2. The highest BCUT2D eigenvalue weighted by atomic mass is 16.2. The molecule has 4 heteroatoms. The molecule has 0 heterocycles. The molecule has 4 nitrogen and oxygen atoms in total. The molecular weight excluding hydrogens is 312 g/mol. The van der Waals surface area contributed by atoms with Gasteiger partial charge in [-0.25, -0.2) is 0 Å². The summed E-state index contributed by atoms with van der Waals surface area (Å²) in [5.41, 5.74) is 2.49. The Kier molecular flexibility index (Phi) is 8.14. The fraction of sp³-hybridized carbons (Fsp3) is 0.619. The molecule has 25 heavy (non-hydrogen) atoms. The first-order valence-electron chi connectivity index (χ1n) is 9.31. The summed E-state index contributed by atoms with van der Waals surface area (Å²) in [6, 6.07) is 8.42. The van der Waals surface area contributed by atoms with E-state index in [1.54, 1.807) is 0 Å². The zero-order valence-corrected chi connectivity index (χ0v) is 16.6. The lowest BCUT2D eigenvalue weighted by molar-refractivity contribution is -0.127. The number of hydrogen-bond donors (Lipinski definition) is 2. The summed E-state index contributed by atoms with van der Waals surface area (Å²) in [5, 5.41) is 5.88. The second-order valence-corrected chi connectivity index (χ2v) is 8.01. The fourth-order valence-electron chi connectivity index (χ4n) is 2.65. The van der Waals surface area contributed by atoms with Crippen molar-refractivity contribution in [2.24, 2.45) is 5.92 Å². The van der Waals surface area contributed by atoms with Gasteiger partial charge in [-0.1, -0.05) is 65.8 Å². The van der Waals surface area contributed by atoms with E-state index in [4.69, 9.17) is 0 Å². The highest BCUT2D eigenvalue weighted by Crippen LogP contribution is 2.26. The molecule has 2 amide bonds. The van der Waals surface area contributed by atoms with Crippen LogP contribution in [0.3, 0.4) is 0 Å². The molecule has 0 bridgehead atoms. The van der Waals surface area contributed by atoms with Crippen molar-refractivity contribution >= 4 is 11.8 Å². The van der Waals surface area contributed by atoms with E-state index in [9.17, 15) is 9.59 Å². The second-order valence-electron chi connectivity index (χ2n) is 8.01. The molecule has 1 rings (SSSR count). The van der Waals surface area contributed by atoms with E-state index in [2.05, 4.69) is 69.5 Å². The summed E-state index contributed by atoms with van der Waals surface area (Å²) in [4.78, 5) is 23.9. The molecule has 0 aliphatic heterocycles. The van der Waals surface area contributed by atoms with E-state index in [-0.39, 0.29) is 42.0 Å². The molecule has 140 valence electrons. The van der Waals surface area contributed by atoms with Crippen molar-refractivity contribution in [3.63, 3.8) is 0 Å². The van der Waals surface area contributed by atoms with Crippen LogP contribution in [0, 0.1) is 5.92 Å². The van der Waals surface area contributed by atoms with Gasteiger partial charge in [0.25, 0.3) is 0 Å². The lowest BCUT2D eigenvalue weighted by atomic mass is 9.85. The zero-order chi connectivity index (χ0) is 19.0. The monoisotopic (exact) mass is 346 g/mol. The summed E-state index contributed by atoms with van der Waals surface area (Å²) in [5.74, 6) is 0.135. The van der Waals surface area contributed by atoms with Crippen LogP contribution < -0.4 is 10.6 Å². The van der Waals surface area contributed by atoms with Gasteiger partial charge < -0.3 is 10.6 Å². The molecule has 0 saturated carbocycles. The van der Waals surface area contributed by atoms with Gasteiger partial charge in [-0.2, -0.15) is 0 Å². The third kappa shape index (κ3) is 7.29. The average Bonchev–Trinajstić information content (AvgIpc) is 2.55. The fourth-order valence-corrected chi connectivity index (χ4v) is 2.65. The van der Waals surface area contributed by atoms with E-state index < -0.39 is 0 Å². The Morgan fingerprint density at radius 1 is 1.00 bits per heavy atom. The van der Waals surface area contributed by atoms with E-state index in [0.717, 1.165) is 12.0 Å². The summed E-state index contributed by atoms with van der Waals surface area (Å²) >= 11 is 0. The van der Waals surface area contributed by atoms with Crippen molar-refractivity contribution < 1.29 is 9.59 Å². The van der Waals surface area contributed by atoms with Crippen LogP contribution >= 0.6 is 0 Å². The minimum Gasteiger partial charge on any atom is -0.356 e. The van der Waals surface area contributed by atoms with Gasteiger partial charge >= 0.3 is 0 Å². The van der Waals surface area contributed by atoms with Crippen LogP contribution in [0.25, 0.3) is 0 Å². The van der Waals surface area contributed by atoms with Crippen molar-refractivity contribution in [3.05, 3.63) is 35.4 Å². The van der Waals surface area contributed by atoms with Gasteiger partial charge in [0, 0.05) is 19.4 Å². The van der Waals surface area contributed by atoms with Crippen LogP contribution in [0.5, 0.6) is 0 Å². The summed E-state index contributed by atoms with van der Waals surface area (Å²) in [7, 11) is 0. The molecular formula is C21H34N2O2. The van der Waals surface area contributed by atoms with Crippen LogP contribution in [0.2, 0.25) is 0 Å². The first kappa shape index (κ1) is 21.2. The first-order chi connectivity index (χ1) is 11.6. The highest BCUT2D eigenvalue weighted by molar-refractivity contribution is 5.83. The summed E-state index contributed by atoms with van der Waals surface area (Å²) in [6.07, 6.45) is 1.36. The largest absolute Gasteiger partial charge is 0.356 e. The van der Waals surface area contributed by atoms with E-state index in [0.29, 0.717) is 6.54 Å². The quantitative estimate of drug-likeness (QED) is 0.744. The molecule has 0 fully saturated rings. The number of hydrogen-bond acceptors (Lipinski definition) is 2. The Morgan fingerprint density at radius 3 is 2.04 bits per heavy atom. The Hall–Kier alpha value is -1.84. The molecule has 0 aliphatic rings. The smallest absolute Gasteiger partial charge is 0.221 e. The maximum Gasteiger partial charge on any atom is 0.221 e. The van der Waals surface area contributed by atoms with Gasteiger partial charge in [-0.3, -0.25) is 9.59 Å². The van der Waals surface area contributed by atoms with Crippen LogP contribution in [0.4, 0.5) is 0 Å². The van der Waals surface area contributed by atoms with Crippen molar-refractivity contribution in [2.45, 2.75) is 72.3 Å². The Labute approximate surface area is 152 Å². The topological polar surface area (TPSA) is 58.2 Å². The minimum absolute atomic E-state index is 0.0415. The third-order valence-electron chi connectivity index (χ3n) is 4.27. The highest BCUT2D eigenvalue weighted by Gasteiger charge is 2.20. The van der Waals surface area contributed by atoms with Crippen LogP contribution in [0.15, 0.2) is 24.3 Å². The molecule has 0 spiro atoms. The van der Waals surface area contributed by atoms with Crippen molar-refractivity contribution in [3.8, 4) is 0 Å².